The lowest BCUT2D eigenvalue weighted by Crippen LogP contribution is -2.37. The first-order valence-corrected chi connectivity index (χ1v) is 9.88. The maximum atomic E-state index is 14.3. The fourth-order valence-corrected chi connectivity index (χ4v) is 3.32. The van der Waals surface area contributed by atoms with E-state index in [9.17, 15) is 4.39 Å². The zero-order valence-corrected chi connectivity index (χ0v) is 16.2. The Morgan fingerprint density at radius 1 is 1.03 bits per heavy atom. The molecule has 29 heavy (non-hydrogen) atoms. The van der Waals surface area contributed by atoms with E-state index >= 15 is 0 Å². The number of morpholine rings is 1. The number of hydrogen-bond acceptors (Lipinski definition) is 6. The average Bonchev–Trinajstić information content (AvgIpc) is 2.78. The molecule has 0 spiro atoms. The van der Waals surface area contributed by atoms with Gasteiger partial charge < -0.3 is 10.1 Å². The van der Waals surface area contributed by atoms with Crippen molar-refractivity contribution in [3.8, 4) is 22.6 Å². The Bertz CT molecular complexity index is 931. The van der Waals surface area contributed by atoms with Gasteiger partial charge in [0.25, 0.3) is 0 Å². The van der Waals surface area contributed by atoms with Crippen LogP contribution in [-0.4, -0.2) is 59.2 Å². The van der Waals surface area contributed by atoms with Gasteiger partial charge in [0.15, 0.2) is 5.82 Å². The van der Waals surface area contributed by atoms with Crippen molar-refractivity contribution < 1.29 is 9.13 Å². The number of hydrogen-bond donors (Lipinski definition) is 1. The minimum Gasteiger partial charge on any atom is -0.379 e. The number of rotatable bonds is 7. The molecule has 0 amide bonds. The summed E-state index contributed by atoms with van der Waals surface area (Å²) in [4.78, 5) is 15.7. The fraction of sp³-hybridized carbons (Fsp3) is 0.318. The predicted molar refractivity (Wildman–Crippen MR) is 111 cm³/mol. The summed E-state index contributed by atoms with van der Waals surface area (Å²) >= 11 is 0. The van der Waals surface area contributed by atoms with Crippen LogP contribution in [0.1, 0.15) is 6.42 Å². The summed E-state index contributed by atoms with van der Waals surface area (Å²) in [7, 11) is 0. The second-order valence-electron chi connectivity index (χ2n) is 6.91. The Kier molecular flexibility index (Phi) is 6.38. The quantitative estimate of drug-likeness (QED) is 0.620. The Labute approximate surface area is 169 Å². The molecule has 6 nitrogen and oxygen atoms in total. The minimum absolute atomic E-state index is 0.301. The largest absolute Gasteiger partial charge is 0.379 e. The molecule has 0 aliphatic carbocycles. The molecule has 1 aromatic carbocycles. The number of benzene rings is 1. The van der Waals surface area contributed by atoms with Crippen molar-refractivity contribution in [1.29, 1.82) is 0 Å². The first-order valence-electron chi connectivity index (χ1n) is 9.88. The first-order chi connectivity index (χ1) is 14.3. The van der Waals surface area contributed by atoms with E-state index in [0.29, 0.717) is 22.9 Å². The molecular formula is C22H24FN5O. The molecule has 1 N–H and O–H groups in total. The number of pyridine rings is 1. The van der Waals surface area contributed by atoms with E-state index in [0.717, 1.165) is 51.4 Å². The van der Waals surface area contributed by atoms with E-state index in [-0.39, 0.29) is 5.82 Å². The molecule has 1 saturated heterocycles. The van der Waals surface area contributed by atoms with Crippen LogP contribution < -0.4 is 5.32 Å². The van der Waals surface area contributed by atoms with E-state index in [1.54, 1.807) is 30.6 Å². The van der Waals surface area contributed by atoms with Gasteiger partial charge in [-0.1, -0.05) is 12.1 Å². The number of anilines is 1. The minimum atomic E-state index is -0.301. The molecule has 1 fully saturated rings. The van der Waals surface area contributed by atoms with E-state index < -0.39 is 0 Å². The zero-order valence-electron chi connectivity index (χ0n) is 16.2. The Morgan fingerprint density at radius 3 is 2.62 bits per heavy atom. The number of aromatic nitrogens is 3. The van der Waals surface area contributed by atoms with Crippen molar-refractivity contribution in [2.24, 2.45) is 0 Å². The highest BCUT2D eigenvalue weighted by atomic mass is 19.1. The van der Waals surface area contributed by atoms with Crippen LogP contribution in [0.25, 0.3) is 22.6 Å². The van der Waals surface area contributed by atoms with E-state index in [1.165, 1.54) is 6.07 Å². The Morgan fingerprint density at radius 2 is 1.83 bits per heavy atom. The lowest BCUT2D eigenvalue weighted by molar-refractivity contribution is 0.0378. The third kappa shape index (κ3) is 5.13. The number of nitrogens with one attached hydrogen (secondary N) is 1. The van der Waals surface area contributed by atoms with Gasteiger partial charge in [0.1, 0.15) is 11.6 Å². The second kappa shape index (κ2) is 9.54. The Balaban J connectivity index is 1.52. The molecule has 0 bridgehead atoms. The van der Waals surface area contributed by atoms with E-state index in [2.05, 4.69) is 25.2 Å². The molecule has 3 aromatic rings. The van der Waals surface area contributed by atoms with E-state index in [4.69, 9.17) is 4.74 Å². The van der Waals surface area contributed by atoms with Crippen molar-refractivity contribution in [1.82, 2.24) is 19.9 Å². The van der Waals surface area contributed by atoms with Crippen LogP contribution in [0.2, 0.25) is 0 Å². The molecule has 7 heteroatoms. The summed E-state index contributed by atoms with van der Waals surface area (Å²) in [5.41, 5.74) is 1.86. The molecule has 150 valence electrons. The topological polar surface area (TPSA) is 63.2 Å². The molecule has 1 aliphatic rings. The maximum absolute atomic E-state index is 14.3. The fourth-order valence-electron chi connectivity index (χ4n) is 3.32. The Hall–Kier alpha value is -2.90. The monoisotopic (exact) mass is 393 g/mol. The molecule has 1 aliphatic heterocycles. The summed E-state index contributed by atoms with van der Waals surface area (Å²) in [6.07, 6.45) is 4.39. The SMILES string of the molecule is Fc1ccccc1-c1cc(NCCCN2CCOCC2)nc(-c2ccncc2)n1. The molecule has 0 saturated carbocycles. The lowest BCUT2D eigenvalue weighted by atomic mass is 10.1. The van der Waals surface area contributed by atoms with Crippen LogP contribution in [0.5, 0.6) is 0 Å². The van der Waals surface area contributed by atoms with Crippen molar-refractivity contribution >= 4 is 5.82 Å². The standard InChI is InChI=1S/C22H24FN5O/c23-19-5-2-1-4-18(19)20-16-21(25-8-3-11-28-12-14-29-15-13-28)27-22(26-20)17-6-9-24-10-7-17/h1-2,4-7,9-10,16H,3,8,11-15H2,(H,25,26,27). The van der Waals surface area contributed by atoms with Gasteiger partial charge in [-0.15, -0.1) is 0 Å². The summed E-state index contributed by atoms with van der Waals surface area (Å²) in [6, 6.07) is 12.2. The summed E-state index contributed by atoms with van der Waals surface area (Å²) < 4.78 is 19.7. The van der Waals surface area contributed by atoms with Gasteiger partial charge in [0.2, 0.25) is 0 Å². The van der Waals surface area contributed by atoms with Gasteiger partial charge in [-0.3, -0.25) is 9.88 Å². The molecule has 0 atom stereocenters. The zero-order chi connectivity index (χ0) is 19.9. The maximum Gasteiger partial charge on any atom is 0.162 e. The molecule has 2 aromatic heterocycles. The summed E-state index contributed by atoms with van der Waals surface area (Å²) in [5.74, 6) is 0.932. The molecule has 0 radical (unpaired) electrons. The van der Waals surface area contributed by atoms with Crippen LogP contribution >= 0.6 is 0 Å². The molecule has 3 heterocycles. The number of halogens is 1. The van der Waals surface area contributed by atoms with Crippen LogP contribution in [0.15, 0.2) is 54.9 Å². The predicted octanol–water partition coefficient (Wildman–Crippen LogP) is 3.48. The van der Waals surface area contributed by atoms with Crippen LogP contribution in [-0.2, 0) is 4.74 Å². The van der Waals surface area contributed by atoms with Gasteiger partial charge in [-0.05, 0) is 37.2 Å². The molecule has 0 unspecified atom stereocenters. The smallest absolute Gasteiger partial charge is 0.162 e. The van der Waals surface area contributed by atoms with Crippen LogP contribution in [0, 0.1) is 5.82 Å². The van der Waals surface area contributed by atoms with Crippen molar-refractivity contribution in [2.75, 3.05) is 44.7 Å². The highest BCUT2D eigenvalue weighted by Gasteiger charge is 2.12. The van der Waals surface area contributed by atoms with Crippen molar-refractivity contribution in [3.63, 3.8) is 0 Å². The molecular weight excluding hydrogens is 369 g/mol. The highest BCUT2D eigenvalue weighted by molar-refractivity contribution is 5.67. The number of ether oxygens (including phenoxy) is 1. The van der Waals surface area contributed by atoms with Gasteiger partial charge in [0, 0.05) is 49.2 Å². The third-order valence-corrected chi connectivity index (χ3v) is 4.88. The average molecular weight is 393 g/mol. The van der Waals surface area contributed by atoms with Gasteiger partial charge >= 0.3 is 0 Å². The third-order valence-electron chi connectivity index (χ3n) is 4.88. The van der Waals surface area contributed by atoms with Crippen LogP contribution in [0.3, 0.4) is 0 Å². The highest BCUT2D eigenvalue weighted by Crippen LogP contribution is 2.26. The van der Waals surface area contributed by atoms with Gasteiger partial charge in [0.05, 0.1) is 18.9 Å². The van der Waals surface area contributed by atoms with Crippen molar-refractivity contribution in [2.45, 2.75) is 6.42 Å². The second-order valence-corrected chi connectivity index (χ2v) is 6.91. The lowest BCUT2D eigenvalue weighted by Gasteiger charge is -2.26. The summed E-state index contributed by atoms with van der Waals surface area (Å²) in [6.45, 7) is 5.37. The van der Waals surface area contributed by atoms with Gasteiger partial charge in [-0.25, -0.2) is 14.4 Å². The number of nitrogens with zero attached hydrogens (tertiary/aromatic N) is 4. The first kappa shape index (κ1) is 19.4. The van der Waals surface area contributed by atoms with Gasteiger partial charge in [-0.2, -0.15) is 0 Å². The normalized spacial score (nSPS) is 14.7. The summed E-state index contributed by atoms with van der Waals surface area (Å²) in [5, 5.41) is 3.38. The van der Waals surface area contributed by atoms with E-state index in [1.807, 2.05) is 18.2 Å². The van der Waals surface area contributed by atoms with Crippen molar-refractivity contribution in [3.05, 3.63) is 60.7 Å². The van der Waals surface area contributed by atoms with Crippen LogP contribution in [0.4, 0.5) is 10.2 Å². The molecule has 4 rings (SSSR count).